The molecule has 642 valence electrons. The molecule has 0 rings (SSSR count). The Balaban J connectivity index is 4.68. The molecular formula is C95H156O16P2. The van der Waals surface area contributed by atoms with E-state index in [1.54, 1.807) is 0 Å². The first-order valence-electron chi connectivity index (χ1n) is 43.7. The quantitative estimate of drug-likeness (QED) is 0.0146. The molecule has 0 radical (unpaired) electrons. The highest BCUT2D eigenvalue weighted by Crippen LogP contribution is 2.45. The molecule has 0 aromatic rings. The minimum Gasteiger partial charge on any atom is -0.463 e. The van der Waals surface area contributed by atoms with Gasteiger partial charge in [0.05, 0.1) is 26.4 Å². The van der Waals surface area contributed by atoms with E-state index in [-0.39, 0.29) is 19.3 Å². The van der Waals surface area contributed by atoms with Crippen LogP contribution in [0.25, 0.3) is 0 Å². The summed E-state index contributed by atoms with van der Waals surface area (Å²) in [6.45, 7) is 2.33. The van der Waals surface area contributed by atoms with Crippen LogP contribution in [0.3, 0.4) is 0 Å². The summed E-state index contributed by atoms with van der Waals surface area (Å²) < 4.78 is 61.4. The highest BCUT2D eigenvalue weighted by atomic mass is 31.2. The molecule has 0 amide bonds. The number of phosphoric acid groups is 2. The maximum atomic E-state index is 13.1. The topological polar surface area (TPSA) is 231 Å². The lowest BCUT2D eigenvalue weighted by molar-refractivity contribution is -0.161. The number of carbonyl (C=O) groups excluding carboxylic acids is 3. The third kappa shape index (κ3) is 87.1. The molecule has 16 nitrogen and oxygen atoms in total. The van der Waals surface area contributed by atoms with Crippen LogP contribution in [0, 0.1) is 0 Å². The van der Waals surface area contributed by atoms with Crippen molar-refractivity contribution in [2.24, 2.45) is 0 Å². The fourth-order valence-corrected chi connectivity index (χ4v) is 12.9. The summed E-state index contributed by atoms with van der Waals surface area (Å²) in [4.78, 5) is 58.9. The van der Waals surface area contributed by atoms with E-state index < -0.39 is 91.5 Å². The second-order valence-electron chi connectivity index (χ2n) is 28.5. The number of allylic oxidation sites excluding steroid dienone is 32. The van der Waals surface area contributed by atoms with Crippen LogP contribution < -0.4 is 0 Å². The van der Waals surface area contributed by atoms with Gasteiger partial charge in [-0.15, -0.1) is 0 Å². The van der Waals surface area contributed by atoms with Crippen LogP contribution in [0.15, 0.2) is 194 Å². The van der Waals surface area contributed by atoms with Crippen molar-refractivity contribution in [1.82, 2.24) is 0 Å². The minimum absolute atomic E-state index is 0.0831. The van der Waals surface area contributed by atoms with Crippen LogP contribution >= 0.6 is 15.6 Å². The summed E-state index contributed by atoms with van der Waals surface area (Å²) in [6.07, 6.45) is 113. The van der Waals surface area contributed by atoms with E-state index in [1.807, 2.05) is 0 Å². The Labute approximate surface area is 687 Å². The highest BCUT2D eigenvalue weighted by molar-refractivity contribution is 7.47. The highest BCUT2D eigenvalue weighted by Gasteiger charge is 2.29. The Kier molecular flexibility index (Phi) is 81.5. The number of carbonyl (C=O) groups is 3. The first kappa shape index (κ1) is 107. The molecule has 0 heterocycles. The molecule has 18 heteroatoms. The number of aliphatic hydroxyl groups is 2. The molecule has 0 bridgehead atoms. The summed E-state index contributed by atoms with van der Waals surface area (Å²) in [5, 5.41) is 20.7. The standard InChI is InChI=1S/C95H156O16P2/c1-4-7-10-13-16-19-22-25-28-31-34-37-40-42-43-44-45-47-50-51-54-57-60-63-66-69-72-75-78-81-93(98)105-84-90(96)85-107-112(101,102)108-86-91(97)87-109-113(103,104)110-89-92(111-95(100)83-80-77-74-71-68-65-62-59-56-53-48-39-36-33-30-27-24-21-18-15-12-9-6-3)88-106-94(99)82-79-76-73-70-67-64-61-58-55-52-49-46-41-38-35-32-29-26-23-20-17-14-11-8-5-2/h7-12,16-21,25-30,34-39,42-43,45-47,49,53,56,90-92,96-97H,4-6,13-15,22-24,31-33,40-41,44,48,50-52,54-55,57-89H2,1-3H3,(H,101,102)(H,103,104)/b10-7-,11-8-,12-9-,19-16-,20-17-,21-18-,28-25-,29-26-,30-27-,37-34-,38-35-,39-36-,43-42-,47-45-,49-46-,56-53-. The van der Waals surface area contributed by atoms with Gasteiger partial charge in [-0.25, -0.2) is 9.13 Å². The fraction of sp³-hybridized carbons (Fsp3) is 0.632. The number of esters is 3. The van der Waals surface area contributed by atoms with Crippen molar-refractivity contribution >= 4 is 33.6 Å². The van der Waals surface area contributed by atoms with E-state index in [0.717, 1.165) is 212 Å². The van der Waals surface area contributed by atoms with Gasteiger partial charge in [0, 0.05) is 19.3 Å². The van der Waals surface area contributed by atoms with Crippen molar-refractivity contribution in [2.45, 2.75) is 347 Å². The number of unbranched alkanes of at least 4 members (excludes halogenated alkanes) is 26. The van der Waals surface area contributed by atoms with Gasteiger partial charge in [-0.05, 0) is 161 Å². The van der Waals surface area contributed by atoms with Gasteiger partial charge in [0.25, 0.3) is 0 Å². The maximum absolute atomic E-state index is 13.1. The van der Waals surface area contributed by atoms with E-state index >= 15 is 0 Å². The van der Waals surface area contributed by atoms with Crippen molar-refractivity contribution in [3.05, 3.63) is 194 Å². The lowest BCUT2D eigenvalue weighted by atomic mass is 10.1. The lowest BCUT2D eigenvalue weighted by Crippen LogP contribution is -2.30. The summed E-state index contributed by atoms with van der Waals surface area (Å²) in [5.74, 6) is -1.60. The summed E-state index contributed by atoms with van der Waals surface area (Å²) in [5.41, 5.74) is 0. The van der Waals surface area contributed by atoms with Gasteiger partial charge in [-0.2, -0.15) is 0 Å². The summed E-state index contributed by atoms with van der Waals surface area (Å²) in [7, 11) is -9.82. The second kappa shape index (κ2) is 85.8. The molecule has 0 aliphatic rings. The Bertz CT molecular complexity index is 2830. The van der Waals surface area contributed by atoms with Gasteiger partial charge in [-0.1, -0.05) is 344 Å². The van der Waals surface area contributed by atoms with Crippen LogP contribution in [-0.4, -0.2) is 95.9 Å². The molecule has 0 fully saturated rings. The fourth-order valence-electron chi connectivity index (χ4n) is 11.3. The maximum Gasteiger partial charge on any atom is 0.472 e. The van der Waals surface area contributed by atoms with Gasteiger partial charge < -0.3 is 34.2 Å². The molecule has 0 spiro atoms. The molecule has 0 saturated heterocycles. The summed E-state index contributed by atoms with van der Waals surface area (Å²) >= 11 is 0. The molecular weight excluding hydrogens is 1460 g/mol. The van der Waals surface area contributed by atoms with Crippen molar-refractivity contribution in [3.63, 3.8) is 0 Å². The zero-order valence-electron chi connectivity index (χ0n) is 70.5. The number of hydrogen-bond acceptors (Lipinski definition) is 14. The van der Waals surface area contributed by atoms with E-state index in [4.69, 9.17) is 32.3 Å². The van der Waals surface area contributed by atoms with Crippen LogP contribution in [0.5, 0.6) is 0 Å². The predicted octanol–water partition coefficient (Wildman–Crippen LogP) is 26.7. The van der Waals surface area contributed by atoms with Gasteiger partial charge in [0.15, 0.2) is 6.10 Å². The molecule has 0 aromatic carbocycles. The summed E-state index contributed by atoms with van der Waals surface area (Å²) in [6, 6.07) is 0. The SMILES string of the molecule is CC/C=C\C/C=C\C/C=C\C/C=C\C/C=C\C/C=C\CCCCCCCCCCCCC(=O)OCC(O)COP(=O)(O)OCC(O)COP(=O)(O)OCC(COC(=O)CCCCCCCCCCC/C=C\C/C=C\C/C=C\C/C=C\C/C=C\CC)OC(=O)CCCCCCCCC/C=C\C/C=C\C/C=C\C/C=C\C/C=C\CC. The Morgan fingerprint density at radius 3 is 0.699 bits per heavy atom. The van der Waals surface area contributed by atoms with E-state index in [1.165, 1.54) is 57.8 Å². The second-order valence-corrected chi connectivity index (χ2v) is 31.5. The first-order chi connectivity index (χ1) is 55.2. The van der Waals surface area contributed by atoms with E-state index in [0.29, 0.717) is 19.3 Å². The molecule has 0 aliphatic carbocycles. The molecule has 5 unspecified atom stereocenters. The van der Waals surface area contributed by atoms with Crippen LogP contribution in [0.4, 0.5) is 0 Å². The minimum atomic E-state index is -4.95. The number of rotatable bonds is 81. The van der Waals surface area contributed by atoms with Gasteiger partial charge in [0.1, 0.15) is 25.4 Å². The molecule has 0 aromatic heterocycles. The van der Waals surface area contributed by atoms with Crippen molar-refractivity contribution in [1.29, 1.82) is 0 Å². The zero-order chi connectivity index (χ0) is 82.2. The molecule has 0 saturated carbocycles. The van der Waals surface area contributed by atoms with E-state index in [2.05, 4.69) is 215 Å². The average molecular weight is 1620 g/mol. The molecule has 5 atom stereocenters. The lowest BCUT2D eigenvalue weighted by Gasteiger charge is -2.21. The third-order valence-electron chi connectivity index (χ3n) is 17.8. The molecule has 4 N–H and O–H groups in total. The Hall–Kier alpha value is -5.61. The first-order valence-corrected chi connectivity index (χ1v) is 46.7. The Morgan fingerprint density at radius 2 is 0.442 bits per heavy atom. The third-order valence-corrected chi connectivity index (χ3v) is 19.7. The predicted molar refractivity (Wildman–Crippen MR) is 472 cm³/mol. The van der Waals surface area contributed by atoms with Crippen LogP contribution in [0.1, 0.15) is 329 Å². The zero-order valence-corrected chi connectivity index (χ0v) is 72.3. The smallest absolute Gasteiger partial charge is 0.463 e. The van der Waals surface area contributed by atoms with Crippen LogP contribution in [0.2, 0.25) is 0 Å². The van der Waals surface area contributed by atoms with Gasteiger partial charge >= 0.3 is 33.6 Å². The number of aliphatic hydroxyl groups excluding tert-OH is 2. The monoisotopic (exact) mass is 1620 g/mol. The Morgan fingerprint density at radius 1 is 0.248 bits per heavy atom. The van der Waals surface area contributed by atoms with E-state index in [9.17, 15) is 43.5 Å². The van der Waals surface area contributed by atoms with Crippen molar-refractivity contribution in [3.8, 4) is 0 Å². The number of phosphoric ester groups is 2. The normalized spacial score (nSPS) is 14.8. The van der Waals surface area contributed by atoms with Gasteiger partial charge in [-0.3, -0.25) is 32.5 Å². The molecule has 0 aliphatic heterocycles. The average Bonchev–Trinajstić information content (AvgIpc) is 0.899. The van der Waals surface area contributed by atoms with Gasteiger partial charge in [0.2, 0.25) is 0 Å². The van der Waals surface area contributed by atoms with Crippen molar-refractivity contribution < 1.29 is 75.8 Å². The van der Waals surface area contributed by atoms with Crippen molar-refractivity contribution in [2.75, 3.05) is 39.6 Å². The number of ether oxygens (including phenoxy) is 3. The largest absolute Gasteiger partial charge is 0.472 e. The van der Waals surface area contributed by atoms with Crippen LogP contribution in [-0.2, 0) is 55.8 Å². The molecule has 113 heavy (non-hydrogen) atoms. The number of hydrogen-bond donors (Lipinski definition) is 4.